The third-order valence-corrected chi connectivity index (χ3v) is 3.70. The Labute approximate surface area is 114 Å². The number of hydrogen-bond donors (Lipinski definition) is 2. The summed E-state index contributed by atoms with van der Waals surface area (Å²) >= 11 is 0. The monoisotopic (exact) mass is 268 g/mol. The summed E-state index contributed by atoms with van der Waals surface area (Å²) in [6.07, 6.45) is 3.24. The summed E-state index contributed by atoms with van der Waals surface area (Å²) in [7, 11) is 0. The number of rotatable bonds is 4. The van der Waals surface area contributed by atoms with E-state index in [1.807, 2.05) is 4.90 Å². The number of carbonyl (C=O) groups excluding carboxylic acids is 2. The van der Waals surface area contributed by atoms with Gasteiger partial charge in [-0.25, -0.2) is 0 Å². The molecule has 0 aromatic heterocycles. The molecule has 0 atom stereocenters. The Bertz CT molecular complexity index is 308. The van der Waals surface area contributed by atoms with Crippen LogP contribution in [0.2, 0.25) is 0 Å². The van der Waals surface area contributed by atoms with Crippen molar-refractivity contribution < 1.29 is 9.59 Å². The van der Waals surface area contributed by atoms with E-state index in [0.717, 1.165) is 58.5 Å². The van der Waals surface area contributed by atoms with Crippen molar-refractivity contribution in [1.29, 1.82) is 0 Å². The molecule has 0 aromatic rings. The van der Waals surface area contributed by atoms with Crippen LogP contribution in [0.4, 0.5) is 0 Å². The van der Waals surface area contributed by atoms with Crippen molar-refractivity contribution in [1.82, 2.24) is 20.4 Å². The van der Waals surface area contributed by atoms with Crippen molar-refractivity contribution in [3.05, 3.63) is 0 Å². The van der Waals surface area contributed by atoms with Gasteiger partial charge in [-0.3, -0.25) is 14.5 Å². The van der Waals surface area contributed by atoms with Crippen molar-refractivity contribution in [2.45, 2.75) is 19.3 Å². The van der Waals surface area contributed by atoms with Crippen molar-refractivity contribution in [3.63, 3.8) is 0 Å². The van der Waals surface area contributed by atoms with Gasteiger partial charge in [0.1, 0.15) is 0 Å². The summed E-state index contributed by atoms with van der Waals surface area (Å²) in [6.45, 7) is 6.01. The van der Waals surface area contributed by atoms with E-state index in [1.165, 1.54) is 0 Å². The van der Waals surface area contributed by atoms with Crippen LogP contribution in [0.3, 0.4) is 0 Å². The number of likely N-dealkylation sites (tertiary alicyclic amines) is 1. The van der Waals surface area contributed by atoms with Crippen LogP contribution >= 0.6 is 0 Å². The number of hydrogen-bond acceptors (Lipinski definition) is 4. The largest absolute Gasteiger partial charge is 0.346 e. The Morgan fingerprint density at radius 2 is 1.79 bits per heavy atom. The second-order valence-corrected chi connectivity index (χ2v) is 5.24. The lowest BCUT2D eigenvalue weighted by molar-refractivity contribution is -0.132. The van der Waals surface area contributed by atoms with Gasteiger partial charge in [0.25, 0.3) is 0 Å². The van der Waals surface area contributed by atoms with Gasteiger partial charge in [0.05, 0.1) is 13.1 Å². The maximum absolute atomic E-state index is 11.8. The van der Waals surface area contributed by atoms with Crippen molar-refractivity contribution >= 4 is 11.8 Å². The van der Waals surface area contributed by atoms with Gasteiger partial charge in [0.2, 0.25) is 11.8 Å². The minimum Gasteiger partial charge on any atom is -0.346 e. The Morgan fingerprint density at radius 1 is 1.00 bits per heavy atom. The standard InChI is InChI=1S/C13H24N4O2/c18-12(11-16-6-3-4-14-5-9-16)15-10-13(19)17-7-1-2-8-17/h14H,1-11H2,(H,15,18). The highest BCUT2D eigenvalue weighted by atomic mass is 16.2. The molecule has 2 rings (SSSR count). The number of amides is 2. The zero-order valence-electron chi connectivity index (χ0n) is 11.5. The molecule has 0 saturated carbocycles. The molecule has 0 radical (unpaired) electrons. The van der Waals surface area contributed by atoms with Crippen LogP contribution in [-0.4, -0.2) is 74.0 Å². The minimum atomic E-state index is -0.0468. The number of nitrogens with zero attached hydrogens (tertiary/aromatic N) is 2. The molecule has 0 spiro atoms. The average Bonchev–Trinajstić information content (AvgIpc) is 2.82. The van der Waals surface area contributed by atoms with Crippen LogP contribution in [0.25, 0.3) is 0 Å². The fourth-order valence-electron chi connectivity index (χ4n) is 2.57. The van der Waals surface area contributed by atoms with E-state index in [4.69, 9.17) is 0 Å². The second-order valence-electron chi connectivity index (χ2n) is 5.24. The summed E-state index contributed by atoms with van der Waals surface area (Å²) < 4.78 is 0. The maximum Gasteiger partial charge on any atom is 0.241 e. The molecular formula is C13H24N4O2. The fraction of sp³-hybridized carbons (Fsp3) is 0.846. The highest BCUT2D eigenvalue weighted by Crippen LogP contribution is 2.06. The molecule has 2 saturated heterocycles. The lowest BCUT2D eigenvalue weighted by Gasteiger charge is -2.19. The summed E-state index contributed by atoms with van der Waals surface area (Å²) in [5.41, 5.74) is 0. The van der Waals surface area contributed by atoms with Crippen molar-refractivity contribution in [2.24, 2.45) is 0 Å². The van der Waals surface area contributed by atoms with Crippen LogP contribution in [0.5, 0.6) is 0 Å². The topological polar surface area (TPSA) is 64.7 Å². The van der Waals surface area contributed by atoms with Crippen LogP contribution in [0.15, 0.2) is 0 Å². The summed E-state index contributed by atoms with van der Waals surface area (Å²) in [6, 6.07) is 0. The molecule has 19 heavy (non-hydrogen) atoms. The average molecular weight is 268 g/mol. The number of nitrogens with one attached hydrogen (secondary N) is 2. The number of carbonyl (C=O) groups is 2. The molecule has 0 aliphatic carbocycles. The van der Waals surface area contributed by atoms with E-state index in [0.29, 0.717) is 6.54 Å². The van der Waals surface area contributed by atoms with Gasteiger partial charge in [0, 0.05) is 26.2 Å². The van der Waals surface area contributed by atoms with Crippen molar-refractivity contribution in [2.75, 3.05) is 52.4 Å². The molecule has 0 bridgehead atoms. The molecule has 0 aromatic carbocycles. The molecule has 0 unspecified atom stereocenters. The van der Waals surface area contributed by atoms with Crippen molar-refractivity contribution in [3.8, 4) is 0 Å². The maximum atomic E-state index is 11.8. The predicted octanol–water partition coefficient (Wildman–Crippen LogP) is -0.980. The molecule has 2 heterocycles. The molecule has 6 nitrogen and oxygen atoms in total. The molecule has 108 valence electrons. The highest BCUT2D eigenvalue weighted by Gasteiger charge is 2.19. The van der Waals surface area contributed by atoms with Gasteiger partial charge < -0.3 is 15.5 Å². The molecule has 2 amide bonds. The van der Waals surface area contributed by atoms with E-state index in [2.05, 4.69) is 15.5 Å². The molecule has 2 aliphatic rings. The first-order valence-electron chi connectivity index (χ1n) is 7.23. The van der Waals surface area contributed by atoms with Crippen LogP contribution < -0.4 is 10.6 Å². The summed E-state index contributed by atoms with van der Waals surface area (Å²) in [5, 5.41) is 6.04. The Hall–Kier alpha value is -1.14. The van der Waals surface area contributed by atoms with Gasteiger partial charge in [-0.05, 0) is 32.4 Å². The zero-order chi connectivity index (χ0) is 13.5. The van der Waals surface area contributed by atoms with Crippen LogP contribution in [0.1, 0.15) is 19.3 Å². The van der Waals surface area contributed by atoms with Gasteiger partial charge in [-0.15, -0.1) is 0 Å². The Kier molecular flexibility index (Phi) is 5.60. The Balaban J connectivity index is 1.64. The first kappa shape index (κ1) is 14.3. The molecular weight excluding hydrogens is 244 g/mol. The van der Waals surface area contributed by atoms with Gasteiger partial charge in [-0.1, -0.05) is 0 Å². The van der Waals surface area contributed by atoms with E-state index in [1.54, 1.807) is 0 Å². The second kappa shape index (κ2) is 7.45. The lowest BCUT2D eigenvalue weighted by Crippen LogP contribution is -2.43. The molecule has 2 fully saturated rings. The fourth-order valence-corrected chi connectivity index (χ4v) is 2.57. The van der Waals surface area contributed by atoms with Gasteiger partial charge >= 0.3 is 0 Å². The lowest BCUT2D eigenvalue weighted by atomic mass is 10.4. The first-order chi connectivity index (χ1) is 9.25. The predicted molar refractivity (Wildman–Crippen MR) is 72.8 cm³/mol. The van der Waals surface area contributed by atoms with E-state index in [9.17, 15) is 9.59 Å². The zero-order valence-corrected chi connectivity index (χ0v) is 11.5. The quantitative estimate of drug-likeness (QED) is 0.688. The molecule has 6 heteroatoms. The molecule has 2 N–H and O–H groups in total. The third kappa shape index (κ3) is 4.80. The Morgan fingerprint density at radius 3 is 2.58 bits per heavy atom. The third-order valence-electron chi connectivity index (χ3n) is 3.70. The first-order valence-corrected chi connectivity index (χ1v) is 7.23. The van der Waals surface area contributed by atoms with Crippen LogP contribution in [0, 0.1) is 0 Å². The summed E-state index contributed by atoms with van der Waals surface area (Å²) in [4.78, 5) is 27.5. The van der Waals surface area contributed by atoms with Crippen LogP contribution in [-0.2, 0) is 9.59 Å². The van der Waals surface area contributed by atoms with Gasteiger partial charge in [-0.2, -0.15) is 0 Å². The van der Waals surface area contributed by atoms with E-state index >= 15 is 0 Å². The normalized spacial score (nSPS) is 21.2. The molecule has 2 aliphatic heterocycles. The minimum absolute atomic E-state index is 0.0448. The van der Waals surface area contributed by atoms with E-state index < -0.39 is 0 Å². The smallest absolute Gasteiger partial charge is 0.241 e. The SMILES string of the molecule is O=C(CN1CCCNCC1)NCC(=O)N1CCCC1. The highest BCUT2D eigenvalue weighted by molar-refractivity contribution is 5.85. The van der Waals surface area contributed by atoms with E-state index in [-0.39, 0.29) is 18.4 Å². The van der Waals surface area contributed by atoms with Gasteiger partial charge in [0.15, 0.2) is 0 Å². The summed E-state index contributed by atoms with van der Waals surface area (Å²) in [5.74, 6) is -0.00201.